The van der Waals surface area contributed by atoms with E-state index in [4.69, 9.17) is 4.74 Å². The molecular formula is C18H22FNO. The zero-order valence-corrected chi connectivity index (χ0v) is 13.0. The molecule has 3 heteroatoms. The van der Waals surface area contributed by atoms with Crippen LogP contribution in [0.2, 0.25) is 0 Å². The van der Waals surface area contributed by atoms with E-state index < -0.39 is 0 Å². The monoisotopic (exact) mass is 287 g/mol. The fourth-order valence-electron chi connectivity index (χ4n) is 2.22. The van der Waals surface area contributed by atoms with Crippen LogP contribution in [0, 0.1) is 19.7 Å². The largest absolute Gasteiger partial charge is 0.492 e. The molecule has 1 N–H and O–H groups in total. The molecule has 112 valence electrons. The Morgan fingerprint density at radius 1 is 1.14 bits per heavy atom. The molecule has 21 heavy (non-hydrogen) atoms. The summed E-state index contributed by atoms with van der Waals surface area (Å²) in [6.45, 7) is 8.39. The van der Waals surface area contributed by atoms with Crippen LogP contribution in [0.3, 0.4) is 0 Å². The fourth-order valence-corrected chi connectivity index (χ4v) is 2.22. The van der Waals surface area contributed by atoms with E-state index in [2.05, 4.69) is 5.32 Å². The Balaban J connectivity index is 2.22. The summed E-state index contributed by atoms with van der Waals surface area (Å²) >= 11 is 0. The van der Waals surface area contributed by atoms with Crippen molar-refractivity contribution in [3.05, 3.63) is 58.9 Å². The van der Waals surface area contributed by atoms with Gasteiger partial charge < -0.3 is 10.1 Å². The predicted octanol–water partition coefficient (Wildman–Crippen LogP) is 5.01. The Morgan fingerprint density at radius 3 is 2.57 bits per heavy atom. The lowest BCUT2D eigenvalue weighted by molar-refractivity contribution is 0.341. The molecule has 2 rings (SSSR count). The van der Waals surface area contributed by atoms with Crippen LogP contribution in [-0.2, 0) is 0 Å². The zero-order valence-electron chi connectivity index (χ0n) is 13.0. The number of anilines is 1. The summed E-state index contributed by atoms with van der Waals surface area (Å²) in [4.78, 5) is 0. The predicted molar refractivity (Wildman–Crippen MR) is 85.5 cm³/mol. The third kappa shape index (κ3) is 3.75. The van der Waals surface area contributed by atoms with Gasteiger partial charge in [0.1, 0.15) is 11.6 Å². The average molecular weight is 287 g/mol. The van der Waals surface area contributed by atoms with Gasteiger partial charge in [-0.15, -0.1) is 0 Å². The lowest BCUT2D eigenvalue weighted by atomic mass is 10.1. The van der Waals surface area contributed by atoms with Gasteiger partial charge in [-0.1, -0.05) is 18.2 Å². The van der Waals surface area contributed by atoms with E-state index in [1.54, 1.807) is 19.1 Å². The standard InChI is InChI=1S/C18H22FNO/c1-5-21-18-10-12(2)6-9-17(18)20-14(4)15-8-7-13(3)16(19)11-15/h6-11,14,20H,5H2,1-4H3. The SMILES string of the molecule is CCOc1cc(C)ccc1NC(C)c1ccc(C)c(F)c1. The van der Waals surface area contributed by atoms with E-state index in [1.807, 2.05) is 45.0 Å². The normalized spacial score (nSPS) is 12.0. The van der Waals surface area contributed by atoms with Crippen molar-refractivity contribution in [3.63, 3.8) is 0 Å². The van der Waals surface area contributed by atoms with E-state index in [0.717, 1.165) is 22.6 Å². The molecule has 0 heterocycles. The van der Waals surface area contributed by atoms with Crippen LogP contribution in [0.15, 0.2) is 36.4 Å². The Bertz CT molecular complexity index is 625. The molecule has 0 aliphatic carbocycles. The fraction of sp³-hybridized carbons (Fsp3) is 0.333. The van der Waals surface area contributed by atoms with Gasteiger partial charge >= 0.3 is 0 Å². The maximum atomic E-state index is 13.7. The van der Waals surface area contributed by atoms with E-state index in [1.165, 1.54) is 0 Å². The molecule has 0 aliphatic heterocycles. The maximum absolute atomic E-state index is 13.7. The molecule has 0 aliphatic rings. The molecule has 1 atom stereocenters. The van der Waals surface area contributed by atoms with Crippen molar-refractivity contribution in [2.24, 2.45) is 0 Å². The molecule has 2 nitrogen and oxygen atoms in total. The number of hydrogen-bond donors (Lipinski definition) is 1. The molecule has 0 amide bonds. The minimum atomic E-state index is -0.171. The summed E-state index contributed by atoms with van der Waals surface area (Å²) in [7, 11) is 0. The molecular weight excluding hydrogens is 265 g/mol. The quantitative estimate of drug-likeness (QED) is 0.834. The molecule has 1 unspecified atom stereocenters. The Morgan fingerprint density at radius 2 is 1.90 bits per heavy atom. The summed E-state index contributed by atoms with van der Waals surface area (Å²) in [5.74, 6) is 0.659. The second kappa shape index (κ2) is 6.61. The minimum Gasteiger partial charge on any atom is -0.492 e. The Kier molecular flexibility index (Phi) is 4.84. The van der Waals surface area contributed by atoms with Gasteiger partial charge in [0.15, 0.2) is 0 Å². The highest BCUT2D eigenvalue weighted by Gasteiger charge is 2.11. The maximum Gasteiger partial charge on any atom is 0.142 e. The minimum absolute atomic E-state index is 0.00186. The number of ether oxygens (including phenoxy) is 1. The van der Waals surface area contributed by atoms with Crippen LogP contribution in [-0.4, -0.2) is 6.61 Å². The molecule has 0 spiro atoms. The van der Waals surface area contributed by atoms with Crippen LogP contribution < -0.4 is 10.1 Å². The second-order valence-corrected chi connectivity index (χ2v) is 5.31. The van der Waals surface area contributed by atoms with Crippen molar-refractivity contribution >= 4 is 5.69 Å². The number of halogens is 1. The van der Waals surface area contributed by atoms with Crippen LogP contribution in [0.4, 0.5) is 10.1 Å². The summed E-state index contributed by atoms with van der Waals surface area (Å²) in [6.07, 6.45) is 0. The number of nitrogens with one attached hydrogen (secondary N) is 1. The third-order valence-electron chi connectivity index (χ3n) is 3.50. The highest BCUT2D eigenvalue weighted by Crippen LogP contribution is 2.29. The summed E-state index contributed by atoms with van der Waals surface area (Å²) in [5, 5.41) is 3.39. The number of hydrogen-bond acceptors (Lipinski definition) is 2. The number of benzene rings is 2. The number of aryl methyl sites for hydroxylation is 2. The highest BCUT2D eigenvalue weighted by molar-refractivity contribution is 5.58. The van der Waals surface area contributed by atoms with E-state index in [-0.39, 0.29) is 11.9 Å². The lowest BCUT2D eigenvalue weighted by Crippen LogP contribution is -2.09. The van der Waals surface area contributed by atoms with Gasteiger partial charge in [-0.25, -0.2) is 4.39 Å². The first-order valence-electron chi connectivity index (χ1n) is 7.27. The van der Waals surface area contributed by atoms with Crippen molar-refractivity contribution in [2.45, 2.75) is 33.7 Å². The molecule has 2 aromatic rings. The molecule has 0 radical (unpaired) electrons. The smallest absolute Gasteiger partial charge is 0.142 e. The van der Waals surface area contributed by atoms with Crippen LogP contribution >= 0.6 is 0 Å². The Hall–Kier alpha value is -2.03. The van der Waals surface area contributed by atoms with Gasteiger partial charge in [-0.05, 0) is 62.6 Å². The average Bonchev–Trinajstić information content (AvgIpc) is 2.45. The van der Waals surface area contributed by atoms with Gasteiger partial charge in [0, 0.05) is 6.04 Å². The van der Waals surface area contributed by atoms with E-state index in [0.29, 0.717) is 12.2 Å². The molecule has 0 saturated carbocycles. The lowest BCUT2D eigenvalue weighted by Gasteiger charge is -2.19. The van der Waals surface area contributed by atoms with Crippen LogP contribution in [0.1, 0.15) is 36.6 Å². The van der Waals surface area contributed by atoms with Gasteiger partial charge in [0.2, 0.25) is 0 Å². The topological polar surface area (TPSA) is 21.3 Å². The first-order valence-corrected chi connectivity index (χ1v) is 7.27. The highest BCUT2D eigenvalue weighted by atomic mass is 19.1. The summed E-state index contributed by atoms with van der Waals surface area (Å²) in [5.41, 5.74) is 3.66. The Labute approximate surface area is 126 Å². The van der Waals surface area contributed by atoms with Gasteiger partial charge in [0.05, 0.1) is 12.3 Å². The van der Waals surface area contributed by atoms with E-state index in [9.17, 15) is 4.39 Å². The third-order valence-corrected chi connectivity index (χ3v) is 3.50. The van der Waals surface area contributed by atoms with Gasteiger partial charge in [-0.3, -0.25) is 0 Å². The van der Waals surface area contributed by atoms with Crippen LogP contribution in [0.25, 0.3) is 0 Å². The van der Waals surface area contributed by atoms with Gasteiger partial charge in [-0.2, -0.15) is 0 Å². The van der Waals surface area contributed by atoms with Crippen molar-refractivity contribution in [1.29, 1.82) is 0 Å². The first-order chi connectivity index (χ1) is 10.0. The summed E-state index contributed by atoms with van der Waals surface area (Å²) < 4.78 is 19.3. The molecule has 0 fully saturated rings. The molecule has 0 aromatic heterocycles. The van der Waals surface area contributed by atoms with Crippen molar-refractivity contribution in [3.8, 4) is 5.75 Å². The van der Waals surface area contributed by atoms with Gasteiger partial charge in [0.25, 0.3) is 0 Å². The number of rotatable bonds is 5. The zero-order chi connectivity index (χ0) is 15.4. The second-order valence-electron chi connectivity index (χ2n) is 5.31. The molecule has 0 saturated heterocycles. The first kappa shape index (κ1) is 15.4. The molecule has 2 aromatic carbocycles. The van der Waals surface area contributed by atoms with E-state index >= 15 is 0 Å². The van der Waals surface area contributed by atoms with Crippen molar-refractivity contribution in [1.82, 2.24) is 0 Å². The van der Waals surface area contributed by atoms with Crippen molar-refractivity contribution in [2.75, 3.05) is 11.9 Å². The summed E-state index contributed by atoms with van der Waals surface area (Å²) in [6, 6.07) is 11.4. The van der Waals surface area contributed by atoms with Crippen LogP contribution in [0.5, 0.6) is 5.75 Å². The molecule has 0 bridgehead atoms. The van der Waals surface area contributed by atoms with Crippen molar-refractivity contribution < 1.29 is 9.13 Å².